The maximum atomic E-state index is 12.1. The first-order valence-electron chi connectivity index (χ1n) is 9.20. The first kappa shape index (κ1) is 19.2. The summed E-state index contributed by atoms with van der Waals surface area (Å²) in [7, 11) is 0. The smallest absolute Gasteiger partial charge is 0.234 e. The minimum absolute atomic E-state index is 0.0717. The number of likely N-dealkylation sites (tertiary alicyclic amines) is 1. The van der Waals surface area contributed by atoms with Gasteiger partial charge < -0.3 is 16.4 Å². The van der Waals surface area contributed by atoms with Gasteiger partial charge in [0.05, 0.1) is 6.54 Å². The molecule has 0 saturated carbocycles. The molecule has 1 heterocycles. The summed E-state index contributed by atoms with van der Waals surface area (Å²) in [5.74, 6) is 0.159. The number of nitrogens with one attached hydrogen (secondary N) is 2. The summed E-state index contributed by atoms with van der Waals surface area (Å²) in [5, 5.41) is 6.01. The van der Waals surface area contributed by atoms with Crippen LogP contribution < -0.4 is 16.4 Å². The third-order valence-corrected chi connectivity index (χ3v) is 4.57. The third kappa shape index (κ3) is 6.74. The number of carbonyl (C=O) groups is 2. The number of benzene rings is 1. The second-order valence-corrected chi connectivity index (χ2v) is 6.67. The highest BCUT2D eigenvalue weighted by Gasteiger charge is 2.21. The Hall–Kier alpha value is -2.08. The summed E-state index contributed by atoms with van der Waals surface area (Å²) in [6.07, 6.45) is 3.85. The molecule has 0 spiro atoms. The average molecular weight is 346 g/mol. The van der Waals surface area contributed by atoms with Crippen molar-refractivity contribution in [2.24, 2.45) is 0 Å². The van der Waals surface area contributed by atoms with Crippen LogP contribution >= 0.6 is 0 Å². The fraction of sp³-hybridized carbons (Fsp3) is 0.579. The molecule has 6 heteroatoms. The number of piperidine rings is 1. The third-order valence-electron chi connectivity index (χ3n) is 4.57. The molecule has 2 rings (SSSR count). The molecule has 6 nitrogen and oxygen atoms in total. The zero-order chi connectivity index (χ0) is 18.1. The van der Waals surface area contributed by atoms with Crippen LogP contribution in [0.3, 0.4) is 0 Å². The number of amides is 2. The number of nitrogens with zero attached hydrogens (tertiary/aromatic N) is 1. The molecule has 0 bridgehead atoms. The van der Waals surface area contributed by atoms with E-state index in [-0.39, 0.29) is 17.9 Å². The Balaban J connectivity index is 1.65. The van der Waals surface area contributed by atoms with Gasteiger partial charge in [-0.2, -0.15) is 0 Å². The Kier molecular flexibility index (Phi) is 7.73. The maximum absolute atomic E-state index is 12.1. The predicted molar refractivity (Wildman–Crippen MR) is 100 cm³/mol. The fourth-order valence-corrected chi connectivity index (χ4v) is 3.07. The van der Waals surface area contributed by atoms with E-state index in [0.29, 0.717) is 19.4 Å². The van der Waals surface area contributed by atoms with Gasteiger partial charge >= 0.3 is 0 Å². The lowest BCUT2D eigenvalue weighted by atomic mass is 10.0. The fourth-order valence-electron chi connectivity index (χ4n) is 3.07. The van der Waals surface area contributed by atoms with Gasteiger partial charge in [-0.15, -0.1) is 0 Å². The Morgan fingerprint density at radius 2 is 1.92 bits per heavy atom. The van der Waals surface area contributed by atoms with Gasteiger partial charge in [0.15, 0.2) is 0 Å². The van der Waals surface area contributed by atoms with Crippen LogP contribution in [0.2, 0.25) is 0 Å². The summed E-state index contributed by atoms with van der Waals surface area (Å²) < 4.78 is 0. The molecule has 4 N–H and O–H groups in total. The normalized spacial score (nSPS) is 15.7. The van der Waals surface area contributed by atoms with E-state index in [4.69, 9.17) is 5.73 Å². The minimum atomic E-state index is 0.0717. The molecular weight excluding hydrogens is 316 g/mol. The van der Waals surface area contributed by atoms with Crippen molar-refractivity contribution >= 4 is 17.5 Å². The van der Waals surface area contributed by atoms with Crippen molar-refractivity contribution < 1.29 is 9.59 Å². The largest absolute Gasteiger partial charge is 0.399 e. The zero-order valence-electron chi connectivity index (χ0n) is 15.1. The van der Waals surface area contributed by atoms with Crippen LogP contribution in [0.5, 0.6) is 0 Å². The second kappa shape index (κ2) is 10.0. The molecule has 0 radical (unpaired) electrons. The summed E-state index contributed by atoms with van der Waals surface area (Å²) in [6.45, 7) is 4.91. The van der Waals surface area contributed by atoms with E-state index in [1.807, 2.05) is 31.2 Å². The molecule has 0 aliphatic carbocycles. The summed E-state index contributed by atoms with van der Waals surface area (Å²) in [6, 6.07) is 7.87. The van der Waals surface area contributed by atoms with Crippen molar-refractivity contribution in [3.63, 3.8) is 0 Å². The molecule has 1 aromatic rings. The van der Waals surface area contributed by atoms with Crippen LogP contribution in [0.1, 0.15) is 38.2 Å². The van der Waals surface area contributed by atoms with E-state index in [1.165, 1.54) is 0 Å². The van der Waals surface area contributed by atoms with Gasteiger partial charge in [-0.1, -0.05) is 25.1 Å². The van der Waals surface area contributed by atoms with Crippen molar-refractivity contribution in [2.75, 3.05) is 31.9 Å². The van der Waals surface area contributed by atoms with E-state index in [2.05, 4.69) is 15.5 Å². The monoisotopic (exact) mass is 346 g/mol. The molecule has 138 valence electrons. The van der Waals surface area contributed by atoms with Crippen LogP contribution in [0.4, 0.5) is 5.69 Å². The van der Waals surface area contributed by atoms with Crippen molar-refractivity contribution in [3.8, 4) is 0 Å². The highest BCUT2D eigenvalue weighted by molar-refractivity contribution is 5.78. The van der Waals surface area contributed by atoms with Crippen LogP contribution in [-0.4, -0.2) is 48.9 Å². The number of carbonyl (C=O) groups excluding carboxylic acids is 2. The molecule has 0 unspecified atom stereocenters. The highest BCUT2D eigenvalue weighted by Crippen LogP contribution is 2.14. The lowest BCUT2D eigenvalue weighted by Gasteiger charge is -2.31. The topological polar surface area (TPSA) is 87.5 Å². The van der Waals surface area contributed by atoms with Crippen LogP contribution in [0.15, 0.2) is 24.3 Å². The van der Waals surface area contributed by atoms with Gasteiger partial charge in [0, 0.05) is 37.8 Å². The van der Waals surface area contributed by atoms with Gasteiger partial charge in [-0.25, -0.2) is 0 Å². The van der Waals surface area contributed by atoms with Crippen LogP contribution in [0, 0.1) is 0 Å². The van der Waals surface area contributed by atoms with Crippen LogP contribution in [-0.2, 0) is 16.0 Å². The van der Waals surface area contributed by atoms with E-state index in [0.717, 1.165) is 50.1 Å². The van der Waals surface area contributed by atoms with Crippen molar-refractivity contribution in [1.82, 2.24) is 15.5 Å². The number of anilines is 1. The minimum Gasteiger partial charge on any atom is -0.399 e. The van der Waals surface area contributed by atoms with Gasteiger partial charge in [-0.05, 0) is 37.3 Å². The van der Waals surface area contributed by atoms with Crippen molar-refractivity contribution in [3.05, 3.63) is 29.8 Å². The molecule has 1 aliphatic rings. The molecule has 1 saturated heterocycles. The Labute approximate surface area is 150 Å². The molecule has 25 heavy (non-hydrogen) atoms. The molecule has 0 aromatic heterocycles. The van der Waals surface area contributed by atoms with Gasteiger partial charge in [-0.3, -0.25) is 14.5 Å². The number of hydrogen-bond donors (Lipinski definition) is 3. The Morgan fingerprint density at radius 1 is 1.20 bits per heavy atom. The number of rotatable bonds is 8. The molecule has 1 aromatic carbocycles. The van der Waals surface area contributed by atoms with Crippen molar-refractivity contribution in [1.29, 1.82) is 0 Å². The zero-order valence-corrected chi connectivity index (χ0v) is 15.1. The number of nitrogen functional groups attached to an aromatic ring is 1. The number of para-hydroxylation sites is 1. The summed E-state index contributed by atoms with van der Waals surface area (Å²) in [5.41, 5.74) is 7.67. The Morgan fingerprint density at radius 3 is 2.60 bits per heavy atom. The number of aryl methyl sites for hydroxylation is 1. The summed E-state index contributed by atoms with van der Waals surface area (Å²) >= 11 is 0. The number of nitrogens with two attached hydrogens (primary N) is 1. The second-order valence-electron chi connectivity index (χ2n) is 6.67. The van der Waals surface area contributed by atoms with Crippen molar-refractivity contribution in [2.45, 2.75) is 45.1 Å². The van der Waals surface area contributed by atoms with E-state index in [9.17, 15) is 9.59 Å². The molecule has 2 amide bonds. The predicted octanol–water partition coefficient (Wildman–Crippen LogP) is 1.31. The first-order valence-corrected chi connectivity index (χ1v) is 9.20. The molecule has 0 atom stereocenters. The molecule has 1 fully saturated rings. The highest BCUT2D eigenvalue weighted by atomic mass is 16.2. The van der Waals surface area contributed by atoms with Crippen LogP contribution in [0.25, 0.3) is 0 Å². The maximum Gasteiger partial charge on any atom is 0.234 e. The quantitative estimate of drug-likeness (QED) is 0.619. The number of hydrogen-bond acceptors (Lipinski definition) is 4. The van der Waals surface area contributed by atoms with E-state index < -0.39 is 0 Å². The van der Waals surface area contributed by atoms with Gasteiger partial charge in [0.1, 0.15) is 0 Å². The molecule has 1 aliphatic heterocycles. The van der Waals surface area contributed by atoms with E-state index in [1.54, 1.807) is 0 Å². The van der Waals surface area contributed by atoms with E-state index >= 15 is 0 Å². The average Bonchev–Trinajstić information content (AvgIpc) is 2.61. The lowest BCUT2D eigenvalue weighted by molar-refractivity contribution is -0.124. The molecular formula is C19H30N4O2. The SMILES string of the molecule is CCCNC(=O)CN1CCC(NC(=O)CCc2ccccc2N)CC1. The standard InChI is InChI=1S/C19H30N4O2/c1-2-11-21-19(25)14-23-12-9-16(10-13-23)22-18(24)8-7-15-5-3-4-6-17(15)20/h3-6,16H,2,7-14,20H2,1H3,(H,21,25)(H,22,24). The first-order chi connectivity index (χ1) is 12.1. The Bertz CT molecular complexity index is 568. The van der Waals surface area contributed by atoms with Gasteiger partial charge in [0.25, 0.3) is 0 Å². The van der Waals surface area contributed by atoms with Gasteiger partial charge in [0.2, 0.25) is 11.8 Å². The summed E-state index contributed by atoms with van der Waals surface area (Å²) in [4.78, 5) is 26.0. The lowest BCUT2D eigenvalue weighted by Crippen LogP contribution is -2.47.